The smallest absolute Gasteiger partial charge is 0.311 e. The molecule has 20 heavy (non-hydrogen) atoms. The molecule has 1 N–H and O–H groups in total. The van der Waals surface area contributed by atoms with Crippen LogP contribution in [0.25, 0.3) is 0 Å². The lowest BCUT2D eigenvalue weighted by atomic mass is 9.81. The van der Waals surface area contributed by atoms with E-state index >= 15 is 0 Å². The molecule has 0 aromatic carbocycles. The molecule has 2 rings (SSSR count). The van der Waals surface area contributed by atoms with Crippen molar-refractivity contribution >= 4 is 23.2 Å². The van der Waals surface area contributed by atoms with Gasteiger partial charge in [0.25, 0.3) is 5.91 Å². The van der Waals surface area contributed by atoms with E-state index in [1.807, 2.05) is 20.8 Å². The number of likely N-dealkylation sites (tertiary alicyclic amines) is 1. The molecule has 1 amide bonds. The molecule has 1 aromatic rings. The predicted octanol–water partition coefficient (Wildman–Crippen LogP) is 2.45. The average Bonchev–Trinajstić information content (AvgIpc) is 2.95. The zero-order valence-corrected chi connectivity index (χ0v) is 13.0. The van der Waals surface area contributed by atoms with Gasteiger partial charge in [0.1, 0.15) is 5.69 Å². The van der Waals surface area contributed by atoms with Crippen LogP contribution in [0.1, 0.15) is 49.1 Å². The number of thiazole rings is 1. The third-order valence-corrected chi connectivity index (χ3v) is 5.26. The zero-order chi connectivity index (χ0) is 15.1. The van der Waals surface area contributed by atoms with E-state index in [1.165, 1.54) is 11.3 Å². The lowest BCUT2D eigenvalue weighted by Gasteiger charge is -2.22. The highest BCUT2D eigenvalue weighted by Gasteiger charge is 2.48. The molecule has 1 fully saturated rings. The second-order valence-corrected chi connectivity index (χ2v) is 6.92. The summed E-state index contributed by atoms with van der Waals surface area (Å²) in [5.74, 6) is -0.776. The third-order valence-electron chi connectivity index (χ3n) is 4.11. The lowest BCUT2D eigenvalue weighted by Crippen LogP contribution is -2.36. The lowest BCUT2D eigenvalue weighted by molar-refractivity contribution is -0.148. The van der Waals surface area contributed by atoms with Crippen molar-refractivity contribution in [1.82, 2.24) is 9.88 Å². The Hall–Kier alpha value is -1.43. The van der Waals surface area contributed by atoms with Crippen molar-refractivity contribution in [3.05, 3.63) is 16.1 Å². The number of hydrogen-bond donors (Lipinski definition) is 1. The Balaban J connectivity index is 2.17. The largest absolute Gasteiger partial charge is 0.481 e. The highest BCUT2D eigenvalue weighted by molar-refractivity contribution is 7.09. The van der Waals surface area contributed by atoms with Crippen LogP contribution >= 0.6 is 11.3 Å². The standard InChI is InChI=1S/C14H20N2O3S/c1-8(2)11-15-10(6-20-11)12(17)16-5-9(3)14(4,7-16)13(18)19/h6,8-9H,5,7H2,1-4H3,(H,18,19)/t9-,14-/m1/s1. The summed E-state index contributed by atoms with van der Waals surface area (Å²) in [6.45, 7) is 8.36. The topological polar surface area (TPSA) is 70.5 Å². The first-order valence-electron chi connectivity index (χ1n) is 6.73. The summed E-state index contributed by atoms with van der Waals surface area (Å²) in [6, 6.07) is 0. The molecule has 1 aliphatic heterocycles. The highest BCUT2D eigenvalue weighted by atomic mass is 32.1. The fourth-order valence-electron chi connectivity index (χ4n) is 2.40. The Morgan fingerprint density at radius 2 is 2.20 bits per heavy atom. The van der Waals surface area contributed by atoms with Gasteiger partial charge in [-0.05, 0) is 12.8 Å². The predicted molar refractivity (Wildman–Crippen MR) is 77.0 cm³/mol. The number of nitrogens with zero attached hydrogens (tertiary/aromatic N) is 2. The quantitative estimate of drug-likeness (QED) is 0.930. The van der Waals surface area contributed by atoms with Gasteiger partial charge in [-0.1, -0.05) is 20.8 Å². The summed E-state index contributed by atoms with van der Waals surface area (Å²) in [6.07, 6.45) is 0. The van der Waals surface area contributed by atoms with Crippen molar-refractivity contribution in [2.75, 3.05) is 13.1 Å². The van der Waals surface area contributed by atoms with Crippen molar-refractivity contribution in [2.24, 2.45) is 11.3 Å². The van der Waals surface area contributed by atoms with Gasteiger partial charge in [-0.2, -0.15) is 0 Å². The van der Waals surface area contributed by atoms with Gasteiger partial charge in [-0.15, -0.1) is 11.3 Å². The number of aliphatic carboxylic acids is 1. The van der Waals surface area contributed by atoms with E-state index < -0.39 is 11.4 Å². The number of rotatable bonds is 3. The Bertz CT molecular complexity index is 540. The first kappa shape index (κ1) is 15.0. The molecule has 1 aliphatic rings. The average molecular weight is 296 g/mol. The first-order chi connectivity index (χ1) is 9.25. The summed E-state index contributed by atoms with van der Waals surface area (Å²) in [5, 5.41) is 12.0. The van der Waals surface area contributed by atoms with Gasteiger partial charge in [0.2, 0.25) is 0 Å². The second-order valence-electron chi connectivity index (χ2n) is 6.04. The van der Waals surface area contributed by atoms with Gasteiger partial charge in [0, 0.05) is 24.4 Å². The van der Waals surface area contributed by atoms with Gasteiger partial charge in [-0.3, -0.25) is 9.59 Å². The van der Waals surface area contributed by atoms with Crippen molar-refractivity contribution < 1.29 is 14.7 Å². The number of carbonyl (C=O) groups excluding carboxylic acids is 1. The molecule has 0 aliphatic carbocycles. The SMILES string of the molecule is CC(C)c1nc(C(=O)N2C[C@@H](C)[C@](C)(C(=O)O)C2)cs1. The number of carboxylic acids is 1. The molecule has 2 atom stereocenters. The summed E-state index contributed by atoms with van der Waals surface area (Å²) in [5.41, 5.74) is -0.437. The van der Waals surface area contributed by atoms with Crippen LogP contribution in [-0.2, 0) is 4.79 Å². The molecule has 0 saturated carbocycles. The van der Waals surface area contributed by atoms with Crippen LogP contribution in [0.4, 0.5) is 0 Å². The molecule has 0 spiro atoms. The van der Waals surface area contributed by atoms with Crippen LogP contribution in [0.2, 0.25) is 0 Å². The molecule has 0 radical (unpaired) electrons. The molecular formula is C14H20N2O3S. The van der Waals surface area contributed by atoms with E-state index in [0.717, 1.165) is 5.01 Å². The minimum atomic E-state index is -0.868. The Labute approximate surface area is 122 Å². The van der Waals surface area contributed by atoms with E-state index in [4.69, 9.17) is 0 Å². The molecule has 1 saturated heterocycles. The molecule has 0 bridgehead atoms. The fraction of sp³-hybridized carbons (Fsp3) is 0.643. The van der Waals surface area contributed by atoms with Crippen LogP contribution in [0.3, 0.4) is 0 Å². The number of carboxylic acid groups (broad SMARTS) is 1. The maximum absolute atomic E-state index is 12.4. The normalized spacial score (nSPS) is 26.2. The summed E-state index contributed by atoms with van der Waals surface area (Å²) in [7, 11) is 0. The number of aromatic nitrogens is 1. The molecule has 5 nitrogen and oxygen atoms in total. The Morgan fingerprint density at radius 1 is 1.55 bits per heavy atom. The maximum atomic E-state index is 12.4. The number of amides is 1. The van der Waals surface area contributed by atoms with Crippen LogP contribution in [0.5, 0.6) is 0 Å². The van der Waals surface area contributed by atoms with Gasteiger partial charge < -0.3 is 10.0 Å². The van der Waals surface area contributed by atoms with Crippen molar-refractivity contribution in [3.63, 3.8) is 0 Å². The molecule has 1 aromatic heterocycles. The van der Waals surface area contributed by atoms with Crippen molar-refractivity contribution in [2.45, 2.75) is 33.6 Å². The third kappa shape index (κ3) is 2.44. The van der Waals surface area contributed by atoms with E-state index in [2.05, 4.69) is 4.98 Å². The summed E-state index contributed by atoms with van der Waals surface area (Å²) < 4.78 is 0. The van der Waals surface area contributed by atoms with E-state index in [0.29, 0.717) is 18.2 Å². The molecular weight excluding hydrogens is 276 g/mol. The van der Waals surface area contributed by atoms with Crippen LogP contribution in [0.15, 0.2) is 5.38 Å². The fourth-order valence-corrected chi connectivity index (χ4v) is 3.20. The molecule has 0 unspecified atom stereocenters. The number of hydrogen-bond acceptors (Lipinski definition) is 4. The van der Waals surface area contributed by atoms with E-state index in [1.54, 1.807) is 17.2 Å². The van der Waals surface area contributed by atoms with Crippen molar-refractivity contribution in [3.8, 4) is 0 Å². The monoisotopic (exact) mass is 296 g/mol. The molecule has 110 valence electrons. The van der Waals surface area contributed by atoms with Gasteiger partial charge in [0.05, 0.1) is 10.4 Å². The molecule has 2 heterocycles. The van der Waals surface area contributed by atoms with Gasteiger partial charge in [-0.25, -0.2) is 4.98 Å². The first-order valence-corrected chi connectivity index (χ1v) is 7.61. The maximum Gasteiger partial charge on any atom is 0.311 e. The second kappa shape index (κ2) is 5.16. The van der Waals surface area contributed by atoms with Gasteiger partial charge in [0.15, 0.2) is 0 Å². The Kier molecular flexibility index (Phi) is 3.86. The molecule has 6 heteroatoms. The van der Waals surface area contributed by atoms with Crippen LogP contribution < -0.4 is 0 Å². The Morgan fingerprint density at radius 3 is 2.65 bits per heavy atom. The minimum Gasteiger partial charge on any atom is -0.481 e. The van der Waals surface area contributed by atoms with Crippen LogP contribution in [-0.4, -0.2) is 40.0 Å². The van der Waals surface area contributed by atoms with E-state index in [9.17, 15) is 14.7 Å². The zero-order valence-electron chi connectivity index (χ0n) is 12.2. The van der Waals surface area contributed by atoms with Crippen LogP contribution in [0, 0.1) is 11.3 Å². The van der Waals surface area contributed by atoms with Crippen molar-refractivity contribution in [1.29, 1.82) is 0 Å². The summed E-state index contributed by atoms with van der Waals surface area (Å²) >= 11 is 1.48. The summed E-state index contributed by atoms with van der Waals surface area (Å²) in [4.78, 5) is 29.8. The van der Waals surface area contributed by atoms with Gasteiger partial charge >= 0.3 is 5.97 Å². The number of carbonyl (C=O) groups is 2. The van der Waals surface area contributed by atoms with E-state index in [-0.39, 0.29) is 18.4 Å². The minimum absolute atomic E-state index is 0.0628. The highest BCUT2D eigenvalue weighted by Crippen LogP contribution is 2.36.